The maximum Gasteiger partial charge on any atom is 0.427 e. The molecule has 0 fully saturated rings. The van der Waals surface area contributed by atoms with Crippen LogP contribution < -0.4 is 4.72 Å². The van der Waals surface area contributed by atoms with Gasteiger partial charge < -0.3 is 4.74 Å². The van der Waals surface area contributed by atoms with E-state index < -0.39 is 70.4 Å². The highest BCUT2D eigenvalue weighted by atomic mass is 32.2. The monoisotopic (exact) mass is 509 g/mol. The van der Waals surface area contributed by atoms with Crippen molar-refractivity contribution in [2.24, 2.45) is 5.92 Å². The summed E-state index contributed by atoms with van der Waals surface area (Å²) in [6.45, 7) is 0.287. The summed E-state index contributed by atoms with van der Waals surface area (Å²) in [6.07, 6.45) is -5.49. The van der Waals surface area contributed by atoms with Gasteiger partial charge in [-0.3, -0.25) is 4.79 Å². The molecule has 18 heteroatoms. The first-order chi connectivity index (χ1) is 13.6. The van der Waals surface area contributed by atoms with Crippen LogP contribution in [-0.4, -0.2) is 62.9 Å². The molecule has 31 heavy (non-hydrogen) atoms. The lowest BCUT2D eigenvalue weighted by molar-refractivity contribution is -0.402. The number of esters is 1. The number of nitrogens with one attached hydrogen (secondary N) is 1. The minimum atomic E-state index is -7.97. The molecule has 1 N–H and O–H groups in total. The van der Waals surface area contributed by atoms with Gasteiger partial charge in [0.15, 0.2) is 0 Å². The van der Waals surface area contributed by atoms with Crippen LogP contribution >= 0.6 is 0 Å². The Bertz CT molecular complexity index is 741. The molecule has 1 unspecified atom stereocenters. The average molecular weight is 509 g/mol. The Morgan fingerprint density at radius 2 is 1.35 bits per heavy atom. The van der Waals surface area contributed by atoms with Gasteiger partial charge in [0, 0.05) is 6.54 Å². The summed E-state index contributed by atoms with van der Waals surface area (Å²) in [6, 6.07) is 0. The summed E-state index contributed by atoms with van der Waals surface area (Å²) in [5, 5.41) is -7.20. The molecule has 0 aromatic carbocycles. The molecular weight excluding hydrogens is 494 g/mol. The van der Waals surface area contributed by atoms with Gasteiger partial charge in [0.25, 0.3) is 10.0 Å². The van der Waals surface area contributed by atoms with Gasteiger partial charge in [0.2, 0.25) is 0 Å². The predicted molar refractivity (Wildman–Crippen MR) is 78.1 cm³/mol. The Kier molecular flexibility index (Phi) is 8.75. The highest BCUT2D eigenvalue weighted by Crippen LogP contribution is 2.58. The number of hydrogen-bond donors (Lipinski definition) is 1. The Labute approximate surface area is 167 Å². The van der Waals surface area contributed by atoms with E-state index in [1.165, 1.54) is 13.8 Å². The number of ether oxygens (including phenoxy) is 1. The van der Waals surface area contributed by atoms with Gasteiger partial charge in [-0.2, -0.15) is 43.9 Å². The van der Waals surface area contributed by atoms with Crippen LogP contribution in [0.15, 0.2) is 0 Å². The fourth-order valence-electron chi connectivity index (χ4n) is 1.62. The Hall–Kier alpha value is -1.46. The van der Waals surface area contributed by atoms with Crippen molar-refractivity contribution < 1.29 is 70.6 Å². The molecule has 0 heterocycles. The second-order valence-corrected chi connectivity index (χ2v) is 7.85. The Morgan fingerprint density at radius 1 is 0.903 bits per heavy atom. The first kappa shape index (κ1) is 29.5. The van der Waals surface area contributed by atoms with Gasteiger partial charge in [-0.25, -0.2) is 21.9 Å². The third-order valence-corrected chi connectivity index (χ3v) is 5.35. The molecular formula is C13H15F12NO4S. The topological polar surface area (TPSA) is 72.5 Å². The van der Waals surface area contributed by atoms with Crippen LogP contribution in [0, 0.1) is 5.92 Å². The van der Waals surface area contributed by atoms with Crippen molar-refractivity contribution in [2.45, 2.75) is 55.6 Å². The summed E-state index contributed by atoms with van der Waals surface area (Å²) < 4.78 is 184. The van der Waals surface area contributed by atoms with E-state index in [-0.39, 0.29) is 6.42 Å². The van der Waals surface area contributed by atoms with Crippen molar-refractivity contribution >= 4 is 16.0 Å². The molecule has 0 aromatic heterocycles. The lowest BCUT2D eigenvalue weighted by Gasteiger charge is -2.38. The molecule has 0 aliphatic carbocycles. The van der Waals surface area contributed by atoms with E-state index in [4.69, 9.17) is 0 Å². The van der Waals surface area contributed by atoms with Crippen LogP contribution in [0.25, 0.3) is 0 Å². The van der Waals surface area contributed by atoms with E-state index in [2.05, 4.69) is 4.74 Å². The maximum absolute atomic E-state index is 13.6. The molecule has 0 saturated heterocycles. The summed E-state index contributed by atoms with van der Waals surface area (Å²) in [5.74, 6) is -32.6. The highest BCUT2D eigenvalue weighted by molar-refractivity contribution is 7.90. The van der Waals surface area contributed by atoms with Crippen molar-refractivity contribution in [3.63, 3.8) is 0 Å². The van der Waals surface area contributed by atoms with E-state index in [1.807, 2.05) is 0 Å². The van der Waals surface area contributed by atoms with Crippen LogP contribution in [0.3, 0.4) is 0 Å². The lowest BCUT2D eigenvalue weighted by Crippen LogP contribution is -2.70. The molecule has 0 radical (unpaired) electrons. The van der Waals surface area contributed by atoms with Crippen molar-refractivity contribution in [3.05, 3.63) is 0 Å². The second-order valence-electron chi connectivity index (χ2n) is 6.04. The number of carbonyl (C=O) groups excluding carboxylic acids is 1. The van der Waals surface area contributed by atoms with E-state index in [1.54, 1.807) is 0 Å². The number of alkyl halides is 12. The molecule has 0 aliphatic heterocycles. The Balaban J connectivity index is 5.78. The predicted octanol–water partition coefficient (Wildman–Crippen LogP) is 3.89. The summed E-state index contributed by atoms with van der Waals surface area (Å²) in [5.41, 5.74) is 0. The van der Waals surface area contributed by atoms with Crippen LogP contribution in [0.1, 0.15) is 20.3 Å². The molecule has 0 spiro atoms. The molecule has 0 rings (SSSR count). The summed E-state index contributed by atoms with van der Waals surface area (Å²) in [7, 11) is -7.02. The number of hydrogen-bond acceptors (Lipinski definition) is 4. The van der Waals surface area contributed by atoms with E-state index in [0.717, 1.165) is 0 Å². The van der Waals surface area contributed by atoms with Gasteiger partial charge in [-0.15, -0.1) is 0 Å². The number of carbonyl (C=O) groups is 1. The number of sulfonamides is 1. The molecule has 0 aromatic rings. The quantitative estimate of drug-likeness (QED) is 0.246. The van der Waals surface area contributed by atoms with Gasteiger partial charge in [-0.05, 0) is 6.42 Å². The van der Waals surface area contributed by atoms with Gasteiger partial charge >= 0.3 is 41.3 Å². The maximum atomic E-state index is 13.6. The summed E-state index contributed by atoms with van der Waals surface area (Å²) >= 11 is 0. The minimum Gasteiger partial charge on any atom is -0.464 e. The average Bonchev–Trinajstić information content (AvgIpc) is 2.63. The molecule has 186 valence electrons. The van der Waals surface area contributed by atoms with Crippen LogP contribution in [0.2, 0.25) is 0 Å². The zero-order valence-corrected chi connectivity index (χ0v) is 16.2. The van der Waals surface area contributed by atoms with Crippen molar-refractivity contribution in [3.8, 4) is 0 Å². The SMILES string of the molecule is CCC(C)C(=O)OCCNS(=O)(=O)C(F)(F)C(F)(F)C(F)(F)C(F)(F)C(F)(F)C(F)F. The van der Waals surface area contributed by atoms with Crippen molar-refractivity contribution in [1.82, 2.24) is 4.72 Å². The molecule has 0 saturated carbocycles. The van der Waals surface area contributed by atoms with Crippen molar-refractivity contribution in [2.75, 3.05) is 13.2 Å². The number of halogens is 12. The van der Waals surface area contributed by atoms with Crippen molar-refractivity contribution in [1.29, 1.82) is 0 Å². The van der Waals surface area contributed by atoms with Gasteiger partial charge in [0.05, 0.1) is 5.92 Å². The Morgan fingerprint density at radius 3 is 1.74 bits per heavy atom. The van der Waals surface area contributed by atoms with E-state index in [0.29, 0.717) is 4.72 Å². The molecule has 5 nitrogen and oxygen atoms in total. The standard InChI is InChI=1S/C13H15F12NO4S/c1-3-6(2)7(27)30-5-4-26-31(28,29)13(24,25)12(22,23)11(20,21)10(18,19)9(16,17)8(14)15/h6,8,26H,3-5H2,1-2H3. The van der Waals surface area contributed by atoms with Gasteiger partial charge in [-0.1, -0.05) is 13.8 Å². The van der Waals surface area contributed by atoms with Crippen LogP contribution in [-0.2, 0) is 19.6 Å². The molecule has 0 aliphatic rings. The van der Waals surface area contributed by atoms with Gasteiger partial charge in [0.1, 0.15) is 6.61 Å². The number of rotatable bonds is 12. The zero-order valence-electron chi connectivity index (χ0n) is 15.4. The zero-order chi connectivity index (χ0) is 25.3. The molecule has 1 atom stereocenters. The minimum absolute atomic E-state index is 0.210. The van der Waals surface area contributed by atoms with E-state index in [9.17, 15) is 65.9 Å². The van der Waals surface area contributed by atoms with Crippen LogP contribution in [0.5, 0.6) is 0 Å². The highest BCUT2D eigenvalue weighted by Gasteiger charge is 2.90. The third-order valence-electron chi connectivity index (χ3n) is 3.84. The van der Waals surface area contributed by atoms with Crippen LogP contribution in [0.4, 0.5) is 52.7 Å². The molecule has 0 amide bonds. The second kappa shape index (κ2) is 9.19. The fourth-order valence-corrected chi connectivity index (χ4v) is 2.62. The first-order valence-corrected chi connectivity index (χ1v) is 9.37. The normalized spacial score (nSPS) is 15.8. The molecule has 0 bridgehead atoms. The smallest absolute Gasteiger partial charge is 0.427 e. The first-order valence-electron chi connectivity index (χ1n) is 7.89. The third kappa shape index (κ3) is 4.98. The van der Waals surface area contributed by atoms with E-state index >= 15 is 0 Å². The lowest BCUT2D eigenvalue weighted by atomic mass is 9.99. The summed E-state index contributed by atoms with van der Waals surface area (Å²) in [4.78, 5) is 11.3. The fraction of sp³-hybridized carbons (Fsp3) is 0.923. The largest absolute Gasteiger partial charge is 0.464 e.